The van der Waals surface area contributed by atoms with E-state index < -0.39 is 0 Å². The van der Waals surface area contributed by atoms with Crippen LogP contribution >= 0.6 is 11.3 Å². The molecule has 1 amide bonds. The number of amides is 1. The minimum atomic E-state index is -0.0558. The molecule has 0 bridgehead atoms. The van der Waals surface area contributed by atoms with E-state index in [1.165, 1.54) is 0 Å². The first-order chi connectivity index (χ1) is 11.3. The van der Waals surface area contributed by atoms with Gasteiger partial charge in [-0.2, -0.15) is 0 Å². The van der Waals surface area contributed by atoms with E-state index in [9.17, 15) is 4.79 Å². The molecule has 2 aromatic heterocycles. The minimum absolute atomic E-state index is 0.0558. The van der Waals surface area contributed by atoms with E-state index >= 15 is 0 Å². The normalized spacial score (nSPS) is 24.3. The first-order valence-electron chi connectivity index (χ1n) is 8.05. The molecule has 2 unspecified atom stereocenters. The molecule has 2 aromatic rings. The molecule has 2 saturated heterocycles. The topological polar surface area (TPSA) is 71.0 Å². The summed E-state index contributed by atoms with van der Waals surface area (Å²) < 4.78 is 0. The number of aromatic nitrogens is 3. The van der Waals surface area contributed by atoms with Crippen LogP contribution < -0.4 is 5.32 Å². The maximum absolute atomic E-state index is 12.5. The van der Waals surface area contributed by atoms with Crippen molar-refractivity contribution in [3.8, 4) is 10.7 Å². The zero-order chi connectivity index (χ0) is 15.6. The highest BCUT2D eigenvalue weighted by molar-refractivity contribution is 7.13. The first-order valence-corrected chi connectivity index (χ1v) is 8.93. The van der Waals surface area contributed by atoms with Crippen molar-refractivity contribution in [2.75, 3.05) is 19.6 Å². The number of likely N-dealkylation sites (tertiary alicyclic amines) is 1. The minimum Gasteiger partial charge on any atom is -0.341 e. The lowest BCUT2D eigenvalue weighted by molar-refractivity contribution is -0.132. The maximum Gasteiger partial charge on any atom is 0.239 e. The zero-order valence-corrected chi connectivity index (χ0v) is 13.6. The molecule has 23 heavy (non-hydrogen) atoms. The van der Waals surface area contributed by atoms with Gasteiger partial charge in [-0.1, -0.05) is 0 Å². The predicted molar refractivity (Wildman–Crippen MR) is 88.1 cm³/mol. The Bertz CT molecular complexity index is 683. The summed E-state index contributed by atoms with van der Waals surface area (Å²) in [6, 6.07) is -0.0558. The summed E-state index contributed by atoms with van der Waals surface area (Å²) in [5.74, 6) is 0.558. The SMILES string of the molecule is O=C(C1CC(c2csc(-c3cnccn3)n2)CN1)N1CCCC1. The van der Waals surface area contributed by atoms with Gasteiger partial charge >= 0.3 is 0 Å². The molecule has 0 aromatic carbocycles. The molecule has 4 heterocycles. The van der Waals surface area contributed by atoms with E-state index in [2.05, 4.69) is 20.7 Å². The van der Waals surface area contributed by atoms with Crippen LogP contribution in [0, 0.1) is 0 Å². The molecule has 4 rings (SSSR count). The number of carbonyl (C=O) groups excluding carboxylic acids is 1. The Morgan fingerprint density at radius 1 is 1.30 bits per heavy atom. The lowest BCUT2D eigenvalue weighted by Crippen LogP contribution is -2.42. The Balaban J connectivity index is 1.44. The highest BCUT2D eigenvalue weighted by Gasteiger charge is 2.34. The van der Waals surface area contributed by atoms with E-state index in [1.807, 2.05) is 4.90 Å². The summed E-state index contributed by atoms with van der Waals surface area (Å²) in [5.41, 5.74) is 1.86. The molecule has 0 spiro atoms. The van der Waals surface area contributed by atoms with Gasteiger partial charge in [0.1, 0.15) is 10.7 Å². The Labute approximate surface area is 139 Å². The van der Waals surface area contributed by atoms with Gasteiger partial charge in [0.2, 0.25) is 5.91 Å². The fourth-order valence-corrected chi connectivity index (χ4v) is 4.17. The number of hydrogen-bond acceptors (Lipinski definition) is 6. The van der Waals surface area contributed by atoms with Crippen LogP contribution in [0.4, 0.5) is 0 Å². The van der Waals surface area contributed by atoms with Gasteiger partial charge in [0.15, 0.2) is 0 Å². The highest BCUT2D eigenvalue weighted by atomic mass is 32.1. The van der Waals surface area contributed by atoms with Crippen molar-refractivity contribution >= 4 is 17.2 Å². The van der Waals surface area contributed by atoms with E-state index in [1.54, 1.807) is 29.9 Å². The fourth-order valence-electron chi connectivity index (χ4n) is 3.31. The molecule has 2 aliphatic rings. The number of nitrogens with zero attached hydrogens (tertiary/aromatic N) is 4. The second-order valence-electron chi connectivity index (χ2n) is 6.09. The standard InChI is InChI=1S/C16H19N5OS/c22-16(21-5-1-2-6-21)12-7-11(8-19-12)14-10-23-15(20-14)13-9-17-3-4-18-13/h3-4,9-12,19H,1-2,5-8H2. The summed E-state index contributed by atoms with van der Waals surface area (Å²) >= 11 is 1.59. The Hall–Kier alpha value is -1.86. The maximum atomic E-state index is 12.5. The largest absolute Gasteiger partial charge is 0.341 e. The summed E-state index contributed by atoms with van der Waals surface area (Å²) in [4.78, 5) is 27.6. The molecular formula is C16H19N5OS. The first kappa shape index (κ1) is 14.7. The Morgan fingerprint density at radius 2 is 2.17 bits per heavy atom. The van der Waals surface area contributed by atoms with Gasteiger partial charge in [0.05, 0.1) is 17.9 Å². The molecule has 0 aliphatic carbocycles. The summed E-state index contributed by atoms with van der Waals surface area (Å²) in [5, 5.41) is 6.35. The average molecular weight is 329 g/mol. The van der Waals surface area contributed by atoms with Crippen LogP contribution in [0.15, 0.2) is 24.0 Å². The van der Waals surface area contributed by atoms with Gasteiger partial charge in [0.25, 0.3) is 0 Å². The summed E-state index contributed by atoms with van der Waals surface area (Å²) in [6.07, 6.45) is 8.17. The number of hydrogen-bond donors (Lipinski definition) is 1. The molecule has 0 radical (unpaired) electrons. The van der Waals surface area contributed by atoms with Gasteiger partial charge in [-0.3, -0.25) is 14.8 Å². The van der Waals surface area contributed by atoms with Crippen molar-refractivity contribution in [2.24, 2.45) is 0 Å². The number of thiazole rings is 1. The van der Waals surface area contributed by atoms with Gasteiger partial charge in [-0.15, -0.1) is 11.3 Å². The molecular weight excluding hydrogens is 310 g/mol. The van der Waals surface area contributed by atoms with Crippen LogP contribution in [0.3, 0.4) is 0 Å². The quantitative estimate of drug-likeness (QED) is 0.927. The van der Waals surface area contributed by atoms with Crippen LogP contribution in [0.25, 0.3) is 10.7 Å². The molecule has 7 heteroatoms. The van der Waals surface area contributed by atoms with Crippen molar-refractivity contribution in [1.82, 2.24) is 25.2 Å². The van der Waals surface area contributed by atoms with Crippen molar-refractivity contribution < 1.29 is 4.79 Å². The average Bonchev–Trinajstić information content (AvgIpc) is 3.35. The lowest BCUT2D eigenvalue weighted by Gasteiger charge is -2.19. The van der Waals surface area contributed by atoms with Crippen LogP contribution in [0.5, 0.6) is 0 Å². The molecule has 2 fully saturated rings. The second-order valence-corrected chi connectivity index (χ2v) is 6.95. The van der Waals surface area contributed by atoms with E-state index in [-0.39, 0.29) is 11.9 Å². The second kappa shape index (κ2) is 6.33. The third kappa shape index (κ3) is 2.98. The van der Waals surface area contributed by atoms with E-state index in [0.29, 0.717) is 5.92 Å². The predicted octanol–water partition coefficient (Wildman–Crippen LogP) is 1.67. The number of rotatable bonds is 3. The third-order valence-electron chi connectivity index (χ3n) is 4.57. The molecule has 6 nitrogen and oxygen atoms in total. The van der Waals surface area contributed by atoms with Crippen molar-refractivity contribution in [3.63, 3.8) is 0 Å². The third-order valence-corrected chi connectivity index (χ3v) is 5.45. The Morgan fingerprint density at radius 3 is 2.96 bits per heavy atom. The number of nitrogens with one attached hydrogen (secondary N) is 1. The molecule has 2 atom stereocenters. The smallest absolute Gasteiger partial charge is 0.239 e. The summed E-state index contributed by atoms with van der Waals surface area (Å²) in [7, 11) is 0. The zero-order valence-electron chi connectivity index (χ0n) is 12.8. The molecule has 120 valence electrons. The van der Waals surface area contributed by atoms with E-state index in [0.717, 1.165) is 55.3 Å². The van der Waals surface area contributed by atoms with Crippen molar-refractivity contribution in [1.29, 1.82) is 0 Å². The lowest BCUT2D eigenvalue weighted by atomic mass is 10.0. The Kier molecular flexibility index (Phi) is 4.05. The van der Waals surface area contributed by atoms with Gasteiger partial charge in [-0.05, 0) is 19.3 Å². The molecule has 1 N–H and O–H groups in total. The van der Waals surface area contributed by atoms with Crippen LogP contribution in [0.2, 0.25) is 0 Å². The van der Waals surface area contributed by atoms with Gasteiger partial charge < -0.3 is 10.2 Å². The van der Waals surface area contributed by atoms with Gasteiger partial charge in [-0.25, -0.2) is 4.98 Å². The molecule has 2 aliphatic heterocycles. The monoisotopic (exact) mass is 329 g/mol. The number of carbonyl (C=O) groups is 1. The summed E-state index contributed by atoms with van der Waals surface area (Å²) in [6.45, 7) is 2.64. The fraction of sp³-hybridized carbons (Fsp3) is 0.500. The van der Waals surface area contributed by atoms with Crippen molar-refractivity contribution in [3.05, 3.63) is 29.7 Å². The van der Waals surface area contributed by atoms with Crippen LogP contribution in [-0.4, -0.2) is 51.4 Å². The van der Waals surface area contributed by atoms with Gasteiger partial charge in [0, 0.05) is 43.3 Å². The molecule has 0 saturated carbocycles. The van der Waals surface area contributed by atoms with Crippen LogP contribution in [-0.2, 0) is 4.79 Å². The van der Waals surface area contributed by atoms with Crippen LogP contribution in [0.1, 0.15) is 30.9 Å². The highest BCUT2D eigenvalue weighted by Crippen LogP contribution is 2.30. The van der Waals surface area contributed by atoms with E-state index in [4.69, 9.17) is 4.98 Å². The van der Waals surface area contributed by atoms with Crippen molar-refractivity contribution in [2.45, 2.75) is 31.2 Å².